The zero-order chi connectivity index (χ0) is 10.4. The molecule has 2 atom stereocenters. The second-order valence-electron chi connectivity index (χ2n) is 3.80. The number of amides is 1. The lowest BCUT2D eigenvalue weighted by molar-refractivity contribution is -0.124. The van der Waals surface area contributed by atoms with Crippen molar-refractivity contribution < 1.29 is 9.90 Å². The zero-order valence-electron chi connectivity index (χ0n) is 8.75. The fourth-order valence-corrected chi connectivity index (χ4v) is 1.65. The number of hydrogen-bond acceptors (Lipinski definition) is 3. The smallest absolute Gasteiger partial charge is 0.237 e. The van der Waals surface area contributed by atoms with Crippen LogP contribution in [0.4, 0.5) is 0 Å². The van der Waals surface area contributed by atoms with Crippen molar-refractivity contribution in [2.75, 3.05) is 13.2 Å². The lowest BCUT2D eigenvalue weighted by Gasteiger charge is -2.24. The van der Waals surface area contributed by atoms with Crippen LogP contribution in [0.2, 0.25) is 0 Å². The lowest BCUT2D eigenvalue weighted by Crippen LogP contribution is -2.50. The van der Waals surface area contributed by atoms with Crippen molar-refractivity contribution in [1.29, 1.82) is 0 Å². The van der Waals surface area contributed by atoms with Crippen molar-refractivity contribution in [2.24, 2.45) is 0 Å². The van der Waals surface area contributed by atoms with Crippen LogP contribution in [0.25, 0.3) is 0 Å². The topological polar surface area (TPSA) is 61.4 Å². The Labute approximate surface area is 85.1 Å². The molecule has 1 rings (SSSR count). The Hall–Kier alpha value is -0.610. The van der Waals surface area contributed by atoms with E-state index in [9.17, 15) is 4.79 Å². The maximum Gasteiger partial charge on any atom is 0.237 e. The molecule has 0 aliphatic carbocycles. The molecule has 0 spiro atoms. The summed E-state index contributed by atoms with van der Waals surface area (Å²) in [7, 11) is 0. The van der Waals surface area contributed by atoms with E-state index in [2.05, 4.69) is 10.6 Å². The molecular formula is C10H20N2O2. The molecule has 0 aromatic rings. The molecule has 4 nitrogen and oxygen atoms in total. The first-order chi connectivity index (χ1) is 6.77. The van der Waals surface area contributed by atoms with Gasteiger partial charge >= 0.3 is 0 Å². The van der Waals surface area contributed by atoms with E-state index in [-0.39, 0.29) is 24.6 Å². The quantitative estimate of drug-likeness (QED) is 0.599. The summed E-state index contributed by atoms with van der Waals surface area (Å²) in [4.78, 5) is 11.6. The minimum absolute atomic E-state index is 0.0228. The van der Waals surface area contributed by atoms with Crippen LogP contribution in [0.15, 0.2) is 0 Å². The largest absolute Gasteiger partial charge is 0.394 e. The predicted octanol–water partition coefficient (Wildman–Crippen LogP) is 0.0156. The molecular weight excluding hydrogens is 180 g/mol. The van der Waals surface area contributed by atoms with Gasteiger partial charge in [-0.05, 0) is 25.8 Å². The van der Waals surface area contributed by atoms with Crippen molar-refractivity contribution in [1.82, 2.24) is 10.6 Å². The first kappa shape index (κ1) is 11.5. The summed E-state index contributed by atoms with van der Waals surface area (Å²) >= 11 is 0. The van der Waals surface area contributed by atoms with Gasteiger partial charge in [0.05, 0.1) is 18.7 Å². The second kappa shape index (κ2) is 5.98. The van der Waals surface area contributed by atoms with Gasteiger partial charge < -0.3 is 15.7 Å². The van der Waals surface area contributed by atoms with Crippen LogP contribution in [-0.2, 0) is 4.79 Å². The van der Waals surface area contributed by atoms with E-state index in [4.69, 9.17) is 5.11 Å². The third-order valence-corrected chi connectivity index (χ3v) is 2.69. The summed E-state index contributed by atoms with van der Waals surface area (Å²) in [5.74, 6) is 0.0330. The zero-order valence-corrected chi connectivity index (χ0v) is 8.75. The monoisotopic (exact) mass is 200 g/mol. The van der Waals surface area contributed by atoms with Gasteiger partial charge in [0.25, 0.3) is 0 Å². The molecule has 1 saturated heterocycles. The van der Waals surface area contributed by atoms with Crippen LogP contribution in [-0.4, -0.2) is 36.2 Å². The molecule has 1 aliphatic rings. The van der Waals surface area contributed by atoms with Crippen LogP contribution in [0, 0.1) is 0 Å². The molecule has 4 heteroatoms. The third-order valence-electron chi connectivity index (χ3n) is 2.69. The summed E-state index contributed by atoms with van der Waals surface area (Å²) in [6, 6.07) is -0.143. The Balaban J connectivity index is 2.32. The number of aliphatic hydroxyl groups is 1. The van der Waals surface area contributed by atoms with Gasteiger partial charge in [0.15, 0.2) is 0 Å². The van der Waals surface area contributed by atoms with Crippen molar-refractivity contribution in [3.05, 3.63) is 0 Å². The Kier molecular flexibility index (Phi) is 4.90. The average molecular weight is 200 g/mol. The SMILES string of the molecule is CC[C@@H](CO)NC(=O)[C@H]1CCCCN1. The number of hydrogen-bond donors (Lipinski definition) is 3. The van der Waals surface area contributed by atoms with Gasteiger partial charge in [-0.3, -0.25) is 4.79 Å². The minimum Gasteiger partial charge on any atom is -0.394 e. The number of carbonyl (C=O) groups is 1. The van der Waals surface area contributed by atoms with Gasteiger partial charge in [-0.1, -0.05) is 13.3 Å². The highest BCUT2D eigenvalue weighted by Gasteiger charge is 2.21. The Bertz CT molecular complexity index is 175. The number of piperidine rings is 1. The van der Waals surface area contributed by atoms with Gasteiger partial charge in [0.1, 0.15) is 0 Å². The Morgan fingerprint density at radius 2 is 2.43 bits per heavy atom. The molecule has 0 aromatic carbocycles. The van der Waals surface area contributed by atoms with E-state index in [1.807, 2.05) is 6.92 Å². The van der Waals surface area contributed by atoms with E-state index in [0.717, 1.165) is 32.2 Å². The fourth-order valence-electron chi connectivity index (χ4n) is 1.65. The molecule has 0 aromatic heterocycles. The fraction of sp³-hybridized carbons (Fsp3) is 0.900. The van der Waals surface area contributed by atoms with E-state index in [1.54, 1.807) is 0 Å². The van der Waals surface area contributed by atoms with Gasteiger partial charge in [-0.15, -0.1) is 0 Å². The van der Waals surface area contributed by atoms with Crippen molar-refractivity contribution in [3.8, 4) is 0 Å². The average Bonchev–Trinajstić information content (AvgIpc) is 2.26. The van der Waals surface area contributed by atoms with Crippen LogP contribution in [0.5, 0.6) is 0 Å². The standard InChI is InChI=1S/C10H20N2O2/c1-2-8(7-13)12-10(14)9-5-3-4-6-11-9/h8-9,11,13H,2-7H2,1H3,(H,12,14)/t8-,9+/m0/s1. The van der Waals surface area contributed by atoms with Gasteiger partial charge in [-0.25, -0.2) is 0 Å². The van der Waals surface area contributed by atoms with Crippen molar-refractivity contribution in [3.63, 3.8) is 0 Å². The van der Waals surface area contributed by atoms with Gasteiger partial charge in [0.2, 0.25) is 5.91 Å². The van der Waals surface area contributed by atoms with E-state index < -0.39 is 0 Å². The van der Waals surface area contributed by atoms with Crippen LogP contribution < -0.4 is 10.6 Å². The van der Waals surface area contributed by atoms with Crippen molar-refractivity contribution in [2.45, 2.75) is 44.7 Å². The van der Waals surface area contributed by atoms with Crippen LogP contribution in [0.3, 0.4) is 0 Å². The Morgan fingerprint density at radius 1 is 1.64 bits per heavy atom. The van der Waals surface area contributed by atoms with E-state index in [0.29, 0.717) is 0 Å². The summed E-state index contributed by atoms with van der Waals surface area (Å²) in [6.07, 6.45) is 3.95. The molecule has 0 radical (unpaired) electrons. The third kappa shape index (κ3) is 3.27. The first-order valence-corrected chi connectivity index (χ1v) is 5.42. The molecule has 1 amide bonds. The van der Waals surface area contributed by atoms with E-state index >= 15 is 0 Å². The summed E-state index contributed by atoms with van der Waals surface area (Å²) < 4.78 is 0. The van der Waals surface area contributed by atoms with Gasteiger partial charge in [-0.2, -0.15) is 0 Å². The van der Waals surface area contributed by atoms with Crippen LogP contribution >= 0.6 is 0 Å². The predicted molar refractivity (Wildman–Crippen MR) is 54.9 cm³/mol. The molecule has 14 heavy (non-hydrogen) atoms. The summed E-state index contributed by atoms with van der Waals surface area (Å²) in [5, 5.41) is 15.0. The summed E-state index contributed by atoms with van der Waals surface area (Å²) in [6.45, 7) is 2.90. The Morgan fingerprint density at radius 3 is 2.93 bits per heavy atom. The number of aliphatic hydroxyl groups excluding tert-OH is 1. The summed E-state index contributed by atoms with van der Waals surface area (Å²) in [5.41, 5.74) is 0. The lowest BCUT2D eigenvalue weighted by atomic mass is 10.0. The normalized spacial score (nSPS) is 24.3. The highest BCUT2D eigenvalue weighted by molar-refractivity contribution is 5.82. The minimum atomic E-state index is -0.0915. The number of carbonyl (C=O) groups excluding carboxylic acids is 1. The molecule has 3 N–H and O–H groups in total. The van der Waals surface area contributed by atoms with E-state index in [1.165, 1.54) is 0 Å². The maximum atomic E-state index is 11.6. The molecule has 0 unspecified atom stereocenters. The molecule has 0 bridgehead atoms. The number of nitrogens with one attached hydrogen (secondary N) is 2. The molecule has 1 fully saturated rings. The highest BCUT2D eigenvalue weighted by atomic mass is 16.3. The molecule has 0 saturated carbocycles. The second-order valence-corrected chi connectivity index (χ2v) is 3.80. The molecule has 82 valence electrons. The van der Waals surface area contributed by atoms with Crippen LogP contribution in [0.1, 0.15) is 32.6 Å². The number of rotatable bonds is 4. The maximum absolute atomic E-state index is 11.6. The first-order valence-electron chi connectivity index (χ1n) is 5.42. The molecule has 1 heterocycles. The van der Waals surface area contributed by atoms with Crippen molar-refractivity contribution >= 4 is 5.91 Å². The molecule has 1 aliphatic heterocycles. The highest BCUT2D eigenvalue weighted by Crippen LogP contribution is 2.07. The van der Waals surface area contributed by atoms with Gasteiger partial charge in [0, 0.05) is 0 Å².